The van der Waals surface area contributed by atoms with Gasteiger partial charge in [-0.3, -0.25) is 28.8 Å². The van der Waals surface area contributed by atoms with E-state index in [-0.39, 0.29) is 56.7 Å². The lowest BCUT2D eigenvalue weighted by Gasteiger charge is -2.32. The molecule has 1 aliphatic heterocycles. The van der Waals surface area contributed by atoms with E-state index in [9.17, 15) is 24.0 Å². The number of aromatic nitrogens is 2. The zero-order valence-corrected chi connectivity index (χ0v) is 38.1. The number of carbonyl (C=O) groups excluding carboxylic acids is 5. The molecule has 66 heavy (non-hydrogen) atoms. The Hall–Kier alpha value is -6.98. The van der Waals surface area contributed by atoms with E-state index in [1.165, 1.54) is 25.1 Å². The number of rotatable bonds is 16. The number of fused-ring (bicyclic) bond motifs is 5. The molecule has 4 bridgehead atoms. The second-order valence-corrected chi connectivity index (χ2v) is 16.7. The van der Waals surface area contributed by atoms with Crippen LogP contribution in [0.15, 0.2) is 66.9 Å². The first-order chi connectivity index (χ1) is 31.5. The SMILES string of the molecule is Cc1nc(-c2ccc(C(C)(C)C)cc2)ncc1C(=O)N[C@@H](CCN)C(=O)N(C)[C@@H]1C(=O)N[C@@H](C)C(=O)N[C@H](C(=O)NOCC#N)Cc2ccc(OCCN)c(c2)-c2cc1ccc2OCCN. The molecule has 0 spiro atoms. The van der Waals surface area contributed by atoms with E-state index in [1.807, 2.05) is 24.3 Å². The van der Waals surface area contributed by atoms with Crippen molar-refractivity contribution >= 4 is 29.5 Å². The number of benzene rings is 3. The largest absolute Gasteiger partial charge is 0.492 e. The Morgan fingerprint density at radius 2 is 1.58 bits per heavy atom. The van der Waals surface area contributed by atoms with Crippen molar-refractivity contribution in [3.05, 3.63) is 94.8 Å². The maximum absolute atomic E-state index is 14.7. The summed E-state index contributed by atoms with van der Waals surface area (Å²) in [5, 5.41) is 17.1. The van der Waals surface area contributed by atoms with Gasteiger partial charge < -0.3 is 47.5 Å². The van der Waals surface area contributed by atoms with Gasteiger partial charge in [0.25, 0.3) is 11.8 Å². The third-order valence-electron chi connectivity index (χ3n) is 10.8. The zero-order valence-electron chi connectivity index (χ0n) is 38.1. The number of amides is 5. The molecule has 0 unspecified atom stereocenters. The highest BCUT2D eigenvalue weighted by molar-refractivity contribution is 6.00. The first-order valence-corrected chi connectivity index (χ1v) is 21.6. The summed E-state index contributed by atoms with van der Waals surface area (Å²) in [6.07, 6.45) is 1.35. The third-order valence-corrected chi connectivity index (χ3v) is 10.8. The Labute approximate surface area is 384 Å². The lowest BCUT2D eigenvalue weighted by atomic mass is 9.87. The van der Waals surface area contributed by atoms with Crippen LogP contribution in [0.1, 0.15) is 72.9 Å². The van der Waals surface area contributed by atoms with Gasteiger partial charge >= 0.3 is 0 Å². The first-order valence-electron chi connectivity index (χ1n) is 21.6. The molecule has 10 N–H and O–H groups in total. The smallest absolute Gasteiger partial charge is 0.266 e. The van der Waals surface area contributed by atoms with E-state index in [0.717, 1.165) is 11.1 Å². The van der Waals surface area contributed by atoms with Crippen LogP contribution in [-0.4, -0.2) is 109 Å². The fourth-order valence-electron chi connectivity index (χ4n) is 7.27. The van der Waals surface area contributed by atoms with E-state index < -0.39 is 60.3 Å². The summed E-state index contributed by atoms with van der Waals surface area (Å²) in [4.78, 5) is 85.4. The molecule has 0 aliphatic carbocycles. The number of nitrogens with two attached hydrogens (primary N) is 3. The number of nitrogens with one attached hydrogen (secondary N) is 4. The summed E-state index contributed by atoms with van der Waals surface area (Å²) in [5.74, 6) is -2.41. The summed E-state index contributed by atoms with van der Waals surface area (Å²) >= 11 is 0. The number of aryl methyl sites for hydroxylation is 1. The van der Waals surface area contributed by atoms with E-state index in [4.69, 9.17) is 36.8 Å². The Kier molecular flexibility index (Phi) is 17.3. The Bertz CT molecular complexity index is 2430. The van der Waals surface area contributed by atoms with Gasteiger partial charge in [-0.15, -0.1) is 0 Å². The zero-order chi connectivity index (χ0) is 48.1. The number of nitriles is 1. The van der Waals surface area contributed by atoms with Gasteiger partial charge in [-0.25, -0.2) is 15.4 Å². The van der Waals surface area contributed by atoms with Gasteiger partial charge in [0.1, 0.15) is 48.9 Å². The number of hydrogen-bond donors (Lipinski definition) is 7. The molecule has 0 saturated heterocycles. The third kappa shape index (κ3) is 12.4. The summed E-state index contributed by atoms with van der Waals surface area (Å²) < 4.78 is 12.2. The highest BCUT2D eigenvalue weighted by Crippen LogP contribution is 2.40. The Morgan fingerprint density at radius 3 is 2.18 bits per heavy atom. The van der Waals surface area contributed by atoms with Crippen molar-refractivity contribution in [1.29, 1.82) is 5.26 Å². The molecule has 1 aliphatic rings. The molecule has 5 amide bonds. The monoisotopic (exact) mass is 905 g/mol. The quantitative estimate of drug-likeness (QED) is 0.0624. The van der Waals surface area contributed by atoms with Crippen LogP contribution in [0.4, 0.5) is 0 Å². The van der Waals surface area contributed by atoms with E-state index in [2.05, 4.69) is 52.2 Å². The Balaban J connectivity index is 1.55. The fraction of sp³-hybridized carbons (Fsp3) is 0.404. The molecule has 350 valence electrons. The molecule has 19 heteroatoms. The van der Waals surface area contributed by atoms with Gasteiger partial charge in [0.05, 0.1) is 17.3 Å². The van der Waals surface area contributed by atoms with Crippen molar-refractivity contribution in [1.82, 2.24) is 36.3 Å². The van der Waals surface area contributed by atoms with Crippen molar-refractivity contribution in [2.45, 2.75) is 77.0 Å². The minimum absolute atomic E-state index is 0.00649. The molecule has 0 radical (unpaired) electrons. The van der Waals surface area contributed by atoms with Gasteiger partial charge in [0.2, 0.25) is 17.7 Å². The number of nitrogens with zero attached hydrogens (tertiary/aromatic N) is 4. The number of hydroxylamine groups is 1. The lowest BCUT2D eigenvalue weighted by Crippen LogP contribution is -2.56. The van der Waals surface area contributed by atoms with Crippen molar-refractivity contribution in [3.63, 3.8) is 0 Å². The summed E-state index contributed by atoms with van der Waals surface area (Å²) in [6, 6.07) is 14.6. The molecule has 2 heterocycles. The highest BCUT2D eigenvalue weighted by Gasteiger charge is 2.36. The second kappa shape index (κ2) is 22.8. The maximum Gasteiger partial charge on any atom is 0.266 e. The van der Waals surface area contributed by atoms with Crippen molar-refractivity contribution in [2.24, 2.45) is 17.2 Å². The van der Waals surface area contributed by atoms with Crippen LogP contribution in [0.2, 0.25) is 0 Å². The molecule has 0 saturated carbocycles. The van der Waals surface area contributed by atoms with Gasteiger partial charge in [-0.05, 0) is 73.2 Å². The molecule has 3 aromatic carbocycles. The van der Waals surface area contributed by atoms with E-state index in [0.29, 0.717) is 45.3 Å². The molecule has 5 rings (SSSR count). The highest BCUT2D eigenvalue weighted by atomic mass is 16.6. The molecular formula is C47H59N11O8. The number of carbonyl (C=O) groups is 5. The average molecular weight is 906 g/mol. The van der Waals surface area contributed by atoms with E-state index in [1.54, 1.807) is 49.4 Å². The molecule has 0 fully saturated rings. The van der Waals surface area contributed by atoms with Crippen molar-refractivity contribution in [2.75, 3.05) is 46.5 Å². The summed E-state index contributed by atoms with van der Waals surface area (Å²) in [6.45, 7) is 9.63. The summed E-state index contributed by atoms with van der Waals surface area (Å²) in [5.41, 5.74) is 24.0. The van der Waals surface area contributed by atoms with Gasteiger partial charge in [0.15, 0.2) is 12.4 Å². The minimum Gasteiger partial charge on any atom is -0.492 e. The molecule has 4 atom stereocenters. The van der Waals surface area contributed by atoms with Crippen LogP contribution in [0.5, 0.6) is 11.5 Å². The normalized spacial score (nSPS) is 16.6. The van der Waals surface area contributed by atoms with Crippen LogP contribution in [0, 0.1) is 18.3 Å². The maximum atomic E-state index is 14.7. The average Bonchev–Trinajstić information content (AvgIpc) is 3.29. The van der Waals surface area contributed by atoms with Crippen LogP contribution in [-0.2, 0) is 35.9 Å². The van der Waals surface area contributed by atoms with Crippen LogP contribution in [0.3, 0.4) is 0 Å². The van der Waals surface area contributed by atoms with Gasteiger partial charge in [0, 0.05) is 49.4 Å². The topological polar surface area (TPSA) is 292 Å². The van der Waals surface area contributed by atoms with Crippen molar-refractivity contribution < 1.29 is 38.3 Å². The predicted molar refractivity (Wildman–Crippen MR) is 245 cm³/mol. The summed E-state index contributed by atoms with van der Waals surface area (Å²) in [7, 11) is 1.40. The molecular weight excluding hydrogens is 847 g/mol. The van der Waals surface area contributed by atoms with Crippen molar-refractivity contribution in [3.8, 4) is 40.1 Å². The van der Waals surface area contributed by atoms with Crippen LogP contribution >= 0.6 is 0 Å². The molecule has 4 aromatic rings. The predicted octanol–water partition coefficient (Wildman–Crippen LogP) is 1.86. The standard InChI is InChI=1S/C47H59N11O8/c1-27-35(26-52-41(53-27)30-8-11-32(12-9-30)47(3,4)5)43(60)55-36(15-16-48)46(63)58(6)40-31-10-14-39(65-21-18-50)34(25-31)33-23-29(7-13-38(33)64-20-17-49)24-37(44(61)57-66-22-19-51)56-42(59)28(2)54-45(40)62/h7-14,23,25-26,28,36-37,40H,15-18,20-22,24,48-50H2,1-6H3,(H,54,62)(H,55,60)(H,56,59)(H,57,61)/t28-,36-,37-,40-/m0/s1. The number of hydrogen-bond acceptors (Lipinski definition) is 14. The minimum atomic E-state index is -1.42. The van der Waals surface area contributed by atoms with Gasteiger partial charge in [-0.2, -0.15) is 5.26 Å². The lowest BCUT2D eigenvalue weighted by molar-refractivity contribution is -0.142. The number of ether oxygens (including phenoxy) is 2. The molecule has 1 aromatic heterocycles. The van der Waals surface area contributed by atoms with Gasteiger partial charge in [-0.1, -0.05) is 57.2 Å². The van der Waals surface area contributed by atoms with Crippen LogP contribution in [0.25, 0.3) is 22.5 Å². The number of likely N-dealkylation sites (N-methyl/N-ethyl adjacent to an activating group) is 1. The van der Waals surface area contributed by atoms with Crippen LogP contribution < -0.4 is 48.1 Å². The fourth-order valence-corrected chi connectivity index (χ4v) is 7.27. The second-order valence-electron chi connectivity index (χ2n) is 16.7. The first kappa shape index (κ1) is 50.0. The molecule has 19 nitrogen and oxygen atoms in total. The Morgan fingerprint density at radius 1 is 0.924 bits per heavy atom. The van der Waals surface area contributed by atoms with E-state index >= 15 is 0 Å².